The molecule has 1 aliphatic rings. The van der Waals surface area contributed by atoms with Crippen LogP contribution in [0.3, 0.4) is 0 Å². The lowest BCUT2D eigenvalue weighted by atomic mass is 10.2. The van der Waals surface area contributed by atoms with Gasteiger partial charge in [0.25, 0.3) is 0 Å². The van der Waals surface area contributed by atoms with Crippen molar-refractivity contribution in [2.45, 2.75) is 19.1 Å². The van der Waals surface area contributed by atoms with Gasteiger partial charge in [-0.3, -0.25) is 0 Å². The minimum atomic E-state index is -3.03. The van der Waals surface area contributed by atoms with Gasteiger partial charge in [0.05, 0.1) is 5.25 Å². The number of carbonyl (C=O) groups excluding carboxylic acids is 1. The normalized spacial score (nSPS) is 16.0. The summed E-state index contributed by atoms with van der Waals surface area (Å²) in [4.78, 5) is 13.4. The van der Waals surface area contributed by atoms with Crippen LogP contribution in [0.15, 0.2) is 24.3 Å². The van der Waals surface area contributed by atoms with Crippen molar-refractivity contribution in [2.75, 3.05) is 24.2 Å². The van der Waals surface area contributed by atoms with Gasteiger partial charge in [0.1, 0.15) is 0 Å². The van der Waals surface area contributed by atoms with Crippen LogP contribution in [0.5, 0.6) is 0 Å². The summed E-state index contributed by atoms with van der Waals surface area (Å²) >= 11 is 0. The zero-order valence-corrected chi connectivity index (χ0v) is 11.9. The first kappa shape index (κ1) is 13.9. The molecule has 1 aliphatic heterocycles. The van der Waals surface area contributed by atoms with E-state index in [9.17, 15) is 13.2 Å². The van der Waals surface area contributed by atoms with E-state index >= 15 is 0 Å². The number of urea groups is 1. The lowest BCUT2D eigenvalue weighted by molar-refractivity contribution is 0.182. The lowest BCUT2D eigenvalue weighted by Crippen LogP contribution is -2.58. The molecule has 0 radical (unpaired) electrons. The summed E-state index contributed by atoms with van der Waals surface area (Å²) in [5.74, 6) is 0.130. The molecule has 0 aliphatic carbocycles. The minimum Gasteiger partial charge on any atom is -0.322 e. The second kappa shape index (κ2) is 5.21. The molecule has 1 saturated heterocycles. The summed E-state index contributed by atoms with van der Waals surface area (Å²) in [6.45, 7) is 4.15. The zero-order valence-electron chi connectivity index (χ0n) is 11.1. The number of nitrogens with one attached hydrogen (secondary N) is 1. The lowest BCUT2D eigenvalue weighted by Gasteiger charge is -2.38. The number of rotatable bonds is 3. The predicted octanol–water partition coefficient (Wildman–Crippen LogP) is 1.65. The second-order valence-corrected chi connectivity index (χ2v) is 7.35. The number of hydrogen-bond acceptors (Lipinski definition) is 3. The molecule has 19 heavy (non-hydrogen) atoms. The molecule has 0 spiro atoms. The van der Waals surface area contributed by atoms with Crippen molar-refractivity contribution < 1.29 is 13.2 Å². The van der Waals surface area contributed by atoms with E-state index < -0.39 is 15.1 Å². The van der Waals surface area contributed by atoms with Crippen LogP contribution in [0.2, 0.25) is 0 Å². The molecule has 0 unspecified atom stereocenters. The van der Waals surface area contributed by atoms with Crippen LogP contribution in [0.1, 0.15) is 12.5 Å². The summed E-state index contributed by atoms with van der Waals surface area (Å²) in [6.07, 6.45) is 0. The summed E-state index contributed by atoms with van der Waals surface area (Å²) in [6, 6.07) is 7.26. The van der Waals surface area contributed by atoms with Gasteiger partial charge in [0.15, 0.2) is 9.84 Å². The number of anilines is 1. The number of aryl methyl sites for hydroxylation is 1. The average molecular weight is 282 g/mol. The summed E-state index contributed by atoms with van der Waals surface area (Å²) < 4.78 is 23.2. The number of sulfone groups is 1. The van der Waals surface area contributed by atoms with Crippen LogP contribution in [0, 0.1) is 6.92 Å². The largest absolute Gasteiger partial charge is 0.322 e. The number of nitrogens with zero attached hydrogens (tertiary/aromatic N) is 1. The molecule has 0 saturated carbocycles. The molecule has 1 N–H and O–H groups in total. The highest BCUT2D eigenvalue weighted by Gasteiger charge is 2.38. The molecule has 2 rings (SSSR count). The van der Waals surface area contributed by atoms with Crippen LogP contribution in [0.4, 0.5) is 10.5 Å². The molecule has 2 amide bonds. The molecule has 6 heteroatoms. The van der Waals surface area contributed by atoms with Crippen molar-refractivity contribution in [1.29, 1.82) is 0 Å². The Morgan fingerprint density at radius 3 is 2.68 bits per heavy atom. The number of hydrogen-bond donors (Lipinski definition) is 1. The topological polar surface area (TPSA) is 66.5 Å². The summed E-state index contributed by atoms with van der Waals surface area (Å²) in [5.41, 5.74) is 1.79. The Bertz CT molecular complexity index is 577. The molecule has 1 aromatic rings. The van der Waals surface area contributed by atoms with Crippen molar-refractivity contribution in [3.63, 3.8) is 0 Å². The maximum Gasteiger partial charge on any atom is 0.321 e. The van der Waals surface area contributed by atoms with E-state index in [1.165, 1.54) is 4.90 Å². The SMILES string of the molecule is CCS(=O)(=O)C1CN(C(=O)Nc2cccc(C)c2)C1. The van der Waals surface area contributed by atoms with Gasteiger partial charge < -0.3 is 10.2 Å². The number of amides is 2. The van der Waals surface area contributed by atoms with Gasteiger partial charge in [-0.25, -0.2) is 13.2 Å². The molecular formula is C13H18N2O3S. The van der Waals surface area contributed by atoms with Crippen LogP contribution < -0.4 is 5.32 Å². The van der Waals surface area contributed by atoms with E-state index in [0.29, 0.717) is 0 Å². The van der Waals surface area contributed by atoms with E-state index in [1.807, 2.05) is 31.2 Å². The fourth-order valence-electron chi connectivity index (χ4n) is 1.99. The predicted molar refractivity (Wildman–Crippen MR) is 75.0 cm³/mol. The highest BCUT2D eigenvalue weighted by molar-refractivity contribution is 7.92. The Kier molecular flexibility index (Phi) is 3.80. The highest BCUT2D eigenvalue weighted by atomic mass is 32.2. The smallest absolute Gasteiger partial charge is 0.321 e. The van der Waals surface area contributed by atoms with Crippen molar-refractivity contribution in [3.05, 3.63) is 29.8 Å². The third kappa shape index (κ3) is 3.07. The van der Waals surface area contributed by atoms with E-state index in [-0.39, 0.29) is 24.9 Å². The molecule has 5 nitrogen and oxygen atoms in total. The van der Waals surface area contributed by atoms with Gasteiger partial charge in [-0.2, -0.15) is 0 Å². The minimum absolute atomic E-state index is 0.130. The van der Waals surface area contributed by atoms with E-state index in [2.05, 4.69) is 5.32 Å². The summed E-state index contributed by atoms with van der Waals surface area (Å²) in [7, 11) is -3.03. The van der Waals surface area contributed by atoms with Gasteiger partial charge in [-0.05, 0) is 24.6 Å². The van der Waals surface area contributed by atoms with E-state index in [4.69, 9.17) is 0 Å². The van der Waals surface area contributed by atoms with Crippen molar-refractivity contribution >= 4 is 21.6 Å². The summed E-state index contributed by atoms with van der Waals surface area (Å²) in [5, 5.41) is 2.36. The molecule has 1 heterocycles. The maximum atomic E-state index is 11.9. The number of carbonyl (C=O) groups is 1. The highest BCUT2D eigenvalue weighted by Crippen LogP contribution is 2.19. The van der Waals surface area contributed by atoms with Crippen molar-refractivity contribution in [2.24, 2.45) is 0 Å². The molecular weight excluding hydrogens is 264 g/mol. The first-order valence-corrected chi connectivity index (χ1v) is 7.98. The molecule has 1 aromatic carbocycles. The van der Waals surface area contributed by atoms with Gasteiger partial charge in [0.2, 0.25) is 0 Å². The monoisotopic (exact) mass is 282 g/mol. The Hall–Kier alpha value is -1.56. The zero-order chi connectivity index (χ0) is 14.0. The Balaban J connectivity index is 1.91. The number of benzene rings is 1. The fourth-order valence-corrected chi connectivity index (χ4v) is 3.28. The van der Waals surface area contributed by atoms with Gasteiger partial charge >= 0.3 is 6.03 Å². The van der Waals surface area contributed by atoms with Crippen molar-refractivity contribution in [3.8, 4) is 0 Å². The molecule has 1 fully saturated rings. The molecule has 0 atom stereocenters. The van der Waals surface area contributed by atoms with Gasteiger partial charge in [-0.15, -0.1) is 0 Å². The quantitative estimate of drug-likeness (QED) is 0.916. The standard InChI is InChI=1S/C13H18N2O3S/c1-3-19(17,18)12-8-15(9-12)13(16)14-11-6-4-5-10(2)7-11/h4-7,12H,3,8-9H2,1-2H3,(H,14,16). The first-order valence-electron chi connectivity index (χ1n) is 6.26. The first-order chi connectivity index (χ1) is 8.92. The van der Waals surface area contributed by atoms with Crippen LogP contribution >= 0.6 is 0 Å². The van der Waals surface area contributed by atoms with E-state index in [0.717, 1.165) is 11.3 Å². The van der Waals surface area contributed by atoms with Crippen LogP contribution in [0.25, 0.3) is 0 Å². The van der Waals surface area contributed by atoms with Gasteiger partial charge in [-0.1, -0.05) is 19.1 Å². The van der Waals surface area contributed by atoms with Crippen LogP contribution in [-0.4, -0.2) is 43.4 Å². The fraction of sp³-hybridized carbons (Fsp3) is 0.462. The molecule has 104 valence electrons. The van der Waals surface area contributed by atoms with Gasteiger partial charge in [0, 0.05) is 24.5 Å². The molecule has 0 bridgehead atoms. The third-order valence-electron chi connectivity index (χ3n) is 3.31. The maximum absolute atomic E-state index is 11.9. The average Bonchev–Trinajstić information content (AvgIpc) is 2.26. The second-order valence-electron chi connectivity index (χ2n) is 4.78. The Morgan fingerprint density at radius 1 is 1.42 bits per heavy atom. The third-order valence-corrected chi connectivity index (χ3v) is 5.43. The van der Waals surface area contributed by atoms with Crippen molar-refractivity contribution in [1.82, 2.24) is 4.90 Å². The van der Waals surface area contributed by atoms with Crippen LogP contribution in [-0.2, 0) is 9.84 Å². The Morgan fingerprint density at radius 2 is 2.11 bits per heavy atom. The number of likely N-dealkylation sites (tertiary alicyclic amines) is 1. The van der Waals surface area contributed by atoms with E-state index in [1.54, 1.807) is 6.92 Å². The molecule has 0 aromatic heterocycles. The Labute approximate surface area is 113 Å².